The minimum atomic E-state index is -0.0300. The van der Waals surface area contributed by atoms with Crippen molar-refractivity contribution >= 4 is 40.4 Å². The van der Waals surface area contributed by atoms with E-state index in [9.17, 15) is 4.79 Å². The van der Waals surface area contributed by atoms with Crippen LogP contribution in [0.3, 0.4) is 0 Å². The molecule has 1 heterocycles. The number of rotatable bonds is 4. The van der Waals surface area contributed by atoms with E-state index in [-0.39, 0.29) is 5.91 Å². The maximum Gasteiger partial charge on any atom is 0.261 e. The lowest BCUT2D eigenvalue weighted by atomic mass is 10.1. The van der Waals surface area contributed by atoms with Crippen LogP contribution in [0, 0.1) is 6.92 Å². The molecule has 1 aromatic heterocycles. The van der Waals surface area contributed by atoms with Gasteiger partial charge < -0.3 is 5.32 Å². The first-order valence-electron chi connectivity index (χ1n) is 5.84. The van der Waals surface area contributed by atoms with Gasteiger partial charge in [-0.1, -0.05) is 29.3 Å². The van der Waals surface area contributed by atoms with Gasteiger partial charge in [0.25, 0.3) is 5.91 Å². The zero-order chi connectivity index (χ0) is 13.8. The Bertz CT molecular complexity index is 595. The van der Waals surface area contributed by atoms with Crippen molar-refractivity contribution in [2.45, 2.75) is 13.3 Å². The third-order valence-corrected chi connectivity index (χ3v) is 4.37. The third kappa shape index (κ3) is 3.72. The van der Waals surface area contributed by atoms with E-state index in [1.807, 2.05) is 24.4 Å². The van der Waals surface area contributed by atoms with Gasteiger partial charge in [-0.2, -0.15) is 0 Å². The van der Waals surface area contributed by atoms with Crippen molar-refractivity contribution in [3.8, 4) is 0 Å². The molecule has 0 spiro atoms. The van der Waals surface area contributed by atoms with Crippen LogP contribution in [0.25, 0.3) is 0 Å². The van der Waals surface area contributed by atoms with Crippen molar-refractivity contribution in [1.29, 1.82) is 0 Å². The topological polar surface area (TPSA) is 29.1 Å². The summed E-state index contributed by atoms with van der Waals surface area (Å²) >= 11 is 13.4. The molecule has 1 aromatic carbocycles. The summed E-state index contributed by atoms with van der Waals surface area (Å²) in [4.78, 5) is 12.7. The van der Waals surface area contributed by atoms with Gasteiger partial charge in [0, 0.05) is 16.6 Å². The molecule has 2 aromatic rings. The maximum atomic E-state index is 11.9. The minimum Gasteiger partial charge on any atom is -0.351 e. The van der Waals surface area contributed by atoms with Gasteiger partial charge in [0.2, 0.25) is 0 Å². The Kier molecular flexibility index (Phi) is 4.86. The highest BCUT2D eigenvalue weighted by atomic mass is 35.5. The van der Waals surface area contributed by atoms with Gasteiger partial charge in [-0.3, -0.25) is 4.79 Å². The van der Waals surface area contributed by atoms with Crippen molar-refractivity contribution in [2.24, 2.45) is 0 Å². The van der Waals surface area contributed by atoms with E-state index in [1.165, 1.54) is 11.3 Å². The van der Waals surface area contributed by atoms with E-state index in [4.69, 9.17) is 23.2 Å². The van der Waals surface area contributed by atoms with Crippen molar-refractivity contribution in [3.63, 3.8) is 0 Å². The summed E-state index contributed by atoms with van der Waals surface area (Å²) in [6, 6.07) is 7.33. The summed E-state index contributed by atoms with van der Waals surface area (Å²) in [7, 11) is 0. The first-order valence-corrected chi connectivity index (χ1v) is 7.47. The molecule has 19 heavy (non-hydrogen) atoms. The molecule has 5 heteroatoms. The first kappa shape index (κ1) is 14.4. The molecule has 0 unspecified atom stereocenters. The number of amides is 1. The van der Waals surface area contributed by atoms with E-state index in [0.717, 1.165) is 16.0 Å². The van der Waals surface area contributed by atoms with Gasteiger partial charge in [-0.15, -0.1) is 11.3 Å². The fourth-order valence-corrected chi connectivity index (χ4v) is 3.07. The zero-order valence-electron chi connectivity index (χ0n) is 10.4. The van der Waals surface area contributed by atoms with E-state index in [1.54, 1.807) is 12.1 Å². The lowest BCUT2D eigenvalue weighted by molar-refractivity contribution is 0.0957. The number of aryl methyl sites for hydroxylation is 1. The Morgan fingerprint density at radius 2 is 2.11 bits per heavy atom. The molecule has 0 saturated heterocycles. The summed E-state index contributed by atoms with van der Waals surface area (Å²) in [5, 5.41) is 6.06. The Morgan fingerprint density at radius 1 is 1.32 bits per heavy atom. The summed E-state index contributed by atoms with van der Waals surface area (Å²) in [6.07, 6.45) is 0.687. The van der Waals surface area contributed by atoms with Gasteiger partial charge in [-0.25, -0.2) is 0 Å². The predicted octanol–water partition coefficient (Wildman–Crippen LogP) is 4.34. The molecule has 0 bridgehead atoms. The molecular weight excluding hydrogens is 301 g/mol. The second-order valence-electron chi connectivity index (χ2n) is 4.17. The van der Waals surface area contributed by atoms with Crippen LogP contribution in [-0.2, 0) is 6.42 Å². The summed E-state index contributed by atoms with van der Waals surface area (Å²) in [5.41, 5.74) is 1.99. The quantitative estimate of drug-likeness (QED) is 0.894. The molecule has 0 radical (unpaired) electrons. The molecule has 0 atom stereocenters. The van der Waals surface area contributed by atoms with E-state index >= 15 is 0 Å². The Hall–Kier alpha value is -1.03. The van der Waals surface area contributed by atoms with Gasteiger partial charge in [0.05, 0.1) is 4.88 Å². The molecule has 0 saturated carbocycles. The molecule has 2 rings (SSSR count). The number of nitrogens with one attached hydrogen (secondary N) is 1. The average molecular weight is 314 g/mol. The Morgan fingerprint density at radius 3 is 2.74 bits per heavy atom. The number of halogens is 2. The molecule has 1 amide bonds. The summed E-state index contributed by atoms with van der Waals surface area (Å²) < 4.78 is 0. The highest BCUT2D eigenvalue weighted by molar-refractivity contribution is 7.12. The molecule has 0 aliphatic carbocycles. The molecule has 100 valence electrons. The number of hydrogen-bond donors (Lipinski definition) is 1. The van der Waals surface area contributed by atoms with Gasteiger partial charge >= 0.3 is 0 Å². The first-order chi connectivity index (χ1) is 9.08. The van der Waals surface area contributed by atoms with Crippen molar-refractivity contribution in [3.05, 3.63) is 55.7 Å². The standard InChI is InChI=1S/C14H13Cl2NOS/c1-9-5-7-19-13(9)14(18)17-6-4-10-2-3-11(15)8-12(10)16/h2-3,5,7-8H,4,6H2,1H3,(H,17,18). The van der Waals surface area contributed by atoms with Crippen LogP contribution in [0.1, 0.15) is 20.8 Å². The highest BCUT2D eigenvalue weighted by Gasteiger charge is 2.09. The second-order valence-corrected chi connectivity index (χ2v) is 5.93. The lowest BCUT2D eigenvalue weighted by Gasteiger charge is -2.06. The predicted molar refractivity (Wildman–Crippen MR) is 81.6 cm³/mol. The average Bonchev–Trinajstić information content (AvgIpc) is 2.78. The molecule has 0 aliphatic rings. The fourth-order valence-electron chi connectivity index (χ4n) is 1.72. The van der Waals surface area contributed by atoms with Crippen molar-refractivity contribution < 1.29 is 4.79 Å². The number of carbonyl (C=O) groups excluding carboxylic acids is 1. The van der Waals surface area contributed by atoms with Crippen LogP contribution in [0.4, 0.5) is 0 Å². The third-order valence-electron chi connectivity index (χ3n) is 2.76. The maximum absolute atomic E-state index is 11.9. The SMILES string of the molecule is Cc1ccsc1C(=O)NCCc1ccc(Cl)cc1Cl. The van der Waals surface area contributed by atoms with Gasteiger partial charge in [-0.05, 0) is 48.1 Å². The molecule has 0 aliphatic heterocycles. The zero-order valence-corrected chi connectivity index (χ0v) is 12.7. The number of hydrogen-bond acceptors (Lipinski definition) is 2. The van der Waals surface area contributed by atoms with Crippen molar-refractivity contribution in [2.75, 3.05) is 6.54 Å². The summed E-state index contributed by atoms with van der Waals surface area (Å²) in [5.74, 6) is -0.0300. The number of carbonyl (C=O) groups is 1. The fraction of sp³-hybridized carbons (Fsp3) is 0.214. The number of benzene rings is 1. The molecule has 2 nitrogen and oxygen atoms in total. The van der Waals surface area contributed by atoms with Crippen LogP contribution < -0.4 is 5.32 Å². The van der Waals surface area contributed by atoms with E-state index in [0.29, 0.717) is 23.0 Å². The second kappa shape index (κ2) is 6.42. The van der Waals surface area contributed by atoms with E-state index in [2.05, 4.69) is 5.32 Å². The number of thiophene rings is 1. The van der Waals surface area contributed by atoms with Crippen LogP contribution in [0.2, 0.25) is 10.0 Å². The van der Waals surface area contributed by atoms with Crippen LogP contribution >= 0.6 is 34.5 Å². The Labute approximate surface area is 126 Å². The van der Waals surface area contributed by atoms with Crippen molar-refractivity contribution in [1.82, 2.24) is 5.32 Å². The molecule has 0 fully saturated rings. The molecular formula is C14H13Cl2NOS. The van der Waals surface area contributed by atoms with Crippen LogP contribution in [0.15, 0.2) is 29.6 Å². The smallest absolute Gasteiger partial charge is 0.261 e. The normalized spacial score (nSPS) is 10.5. The molecule has 1 N–H and O–H groups in total. The van der Waals surface area contributed by atoms with Gasteiger partial charge in [0.1, 0.15) is 0 Å². The summed E-state index contributed by atoms with van der Waals surface area (Å²) in [6.45, 7) is 2.49. The minimum absolute atomic E-state index is 0.0300. The van der Waals surface area contributed by atoms with Gasteiger partial charge in [0.15, 0.2) is 0 Å². The Balaban J connectivity index is 1.90. The highest BCUT2D eigenvalue weighted by Crippen LogP contribution is 2.21. The monoisotopic (exact) mass is 313 g/mol. The lowest BCUT2D eigenvalue weighted by Crippen LogP contribution is -2.25. The largest absolute Gasteiger partial charge is 0.351 e. The van der Waals surface area contributed by atoms with Crippen LogP contribution in [0.5, 0.6) is 0 Å². The van der Waals surface area contributed by atoms with Crippen LogP contribution in [-0.4, -0.2) is 12.5 Å². The van der Waals surface area contributed by atoms with E-state index < -0.39 is 0 Å².